The van der Waals surface area contributed by atoms with Crippen molar-refractivity contribution in [3.8, 4) is 0 Å². The van der Waals surface area contributed by atoms with Crippen molar-refractivity contribution in [3.63, 3.8) is 0 Å². The number of rotatable bonds is 0. The van der Waals surface area contributed by atoms with Crippen LogP contribution in [-0.4, -0.2) is 39.1 Å². The molecule has 0 nitrogen and oxygen atoms in total. The van der Waals surface area contributed by atoms with E-state index in [1.165, 1.54) is 0 Å². The highest BCUT2D eigenvalue weighted by molar-refractivity contribution is 9.47. The molecule has 0 aliphatic rings. The Balaban J connectivity index is 0. The molecule has 0 unspecified atom stereocenters. The van der Waals surface area contributed by atoms with Crippen molar-refractivity contribution in [2.45, 2.75) is 0 Å². The molecule has 0 fully saturated rings. The van der Waals surface area contributed by atoms with Crippen LogP contribution >= 0.6 is 25.8 Å². The minimum absolute atomic E-state index is 0. The van der Waals surface area contributed by atoms with Crippen molar-refractivity contribution in [2.75, 3.05) is 0 Å². The molecule has 0 aliphatic heterocycles. The van der Waals surface area contributed by atoms with Gasteiger partial charge in [0.15, 0.2) is 0 Å². The molecular formula is C6H7Br2Mg2. The van der Waals surface area contributed by atoms with Gasteiger partial charge in [0.1, 0.15) is 0 Å². The van der Waals surface area contributed by atoms with E-state index < -0.39 is 0 Å². The molecule has 1 radical (unpaired) electrons. The van der Waals surface area contributed by atoms with Crippen molar-refractivity contribution in [2.24, 2.45) is 0 Å². The van der Waals surface area contributed by atoms with Crippen LogP contribution in [-0.2, 0) is 0 Å². The van der Waals surface area contributed by atoms with E-state index in [0.29, 0.717) is 0 Å². The fourth-order valence-electron chi connectivity index (χ4n) is 0.342. The summed E-state index contributed by atoms with van der Waals surface area (Å²) in [7, 11) is 0. The minimum atomic E-state index is 0. The van der Waals surface area contributed by atoms with Crippen LogP contribution in [0.4, 0.5) is 0 Å². The van der Waals surface area contributed by atoms with Crippen molar-refractivity contribution in [1.82, 2.24) is 0 Å². The van der Waals surface area contributed by atoms with E-state index in [1.807, 2.05) is 30.3 Å². The first kappa shape index (κ1) is 14.2. The van der Waals surface area contributed by atoms with Crippen LogP contribution in [0.1, 0.15) is 0 Å². The zero-order valence-corrected chi connectivity index (χ0v) is 9.44. The molecule has 49 valence electrons. The largest absolute Gasteiger partial charge is 0.560 e. The van der Waals surface area contributed by atoms with Crippen molar-refractivity contribution in [3.05, 3.63) is 36.4 Å². The van der Waals surface area contributed by atoms with Crippen molar-refractivity contribution in [1.29, 1.82) is 0 Å². The van der Waals surface area contributed by atoms with Gasteiger partial charge in [-0.1, -0.05) is 30.3 Å². The first-order valence-electron chi connectivity index (χ1n) is 2.45. The molecule has 0 spiro atoms. The molecule has 0 saturated carbocycles. The molecule has 1 aromatic carbocycles. The second kappa shape index (κ2) is 13.3. The van der Waals surface area contributed by atoms with Gasteiger partial charge in [-0.3, -0.25) is 25.8 Å². The zero-order valence-electron chi connectivity index (χ0n) is 4.85. The predicted octanol–water partition coefficient (Wildman–Crippen LogP) is 1.88. The van der Waals surface area contributed by atoms with Crippen molar-refractivity contribution < 1.29 is 0 Å². The second-order valence-corrected chi connectivity index (χ2v) is 9.26. The fourth-order valence-corrected chi connectivity index (χ4v) is 0.342. The average molecular weight is 288 g/mol. The number of hydrogen-bond donors (Lipinski definition) is 0. The van der Waals surface area contributed by atoms with Gasteiger partial charge in [0.25, 0.3) is 0 Å². The van der Waals surface area contributed by atoms with Crippen LogP contribution in [0.5, 0.6) is 0 Å². The topological polar surface area (TPSA) is 0 Å². The summed E-state index contributed by atoms with van der Waals surface area (Å²) in [5, 5.41) is 0. The highest BCUT2D eigenvalue weighted by Crippen LogP contribution is 1.78. The van der Waals surface area contributed by atoms with Crippen LogP contribution in [0.3, 0.4) is 0 Å². The molecule has 0 heterocycles. The second-order valence-electron chi connectivity index (χ2n) is 1.18. The summed E-state index contributed by atoms with van der Waals surface area (Å²) in [5.41, 5.74) is 0. The summed E-state index contributed by atoms with van der Waals surface area (Å²) in [6, 6.07) is 12.5. The monoisotopic (exact) mass is 285 g/mol. The lowest BCUT2D eigenvalue weighted by Crippen LogP contribution is -1.49. The lowest BCUT2D eigenvalue weighted by Gasteiger charge is -1.68. The Kier molecular flexibility index (Phi) is 19.0. The van der Waals surface area contributed by atoms with E-state index in [1.54, 1.807) is 0 Å². The zero-order chi connectivity index (χ0) is 6.95. The van der Waals surface area contributed by atoms with E-state index in [-0.39, 0.29) is 39.1 Å². The molecule has 0 aromatic heterocycles. The summed E-state index contributed by atoms with van der Waals surface area (Å²) in [4.78, 5) is 0. The molecular weight excluding hydrogens is 280 g/mol. The molecule has 10 heavy (non-hydrogen) atoms. The summed E-state index contributed by atoms with van der Waals surface area (Å²) < 4.78 is 0. The summed E-state index contributed by atoms with van der Waals surface area (Å²) in [6.07, 6.45) is 0. The predicted molar refractivity (Wildman–Crippen MR) is 57.4 cm³/mol. The van der Waals surface area contributed by atoms with Gasteiger partial charge in [-0.05, 0) is 6.07 Å². The van der Waals surface area contributed by atoms with Crippen LogP contribution < -0.4 is 0 Å². The number of benzene rings is 1. The maximum Gasteiger partial charge on any atom is 0.560 e. The third-order valence-electron chi connectivity index (χ3n) is 0.607. The first-order valence-corrected chi connectivity index (χ1v) is 10.2. The standard InChI is InChI=1S/C6H5.2BrH.2Mg.2H/c1-2-4-6-5-3-1;;;;;;/h1-5H;2*1H;;;;/q;;;;+2;;/p-2. The Morgan fingerprint density at radius 1 is 1.00 bits per heavy atom. The summed E-state index contributed by atoms with van der Waals surface area (Å²) >= 11 is 6.44. The Morgan fingerprint density at radius 2 is 1.40 bits per heavy atom. The minimum Gasteiger partial charge on any atom is -0.280 e. The molecule has 0 bridgehead atoms. The van der Waals surface area contributed by atoms with Crippen LogP contribution in [0.15, 0.2) is 30.3 Å². The molecule has 0 N–H and O–H groups in total. The Bertz CT molecular complexity index is 96.6. The van der Waals surface area contributed by atoms with Gasteiger partial charge in [-0.2, -0.15) is 0 Å². The average Bonchev–Trinajstić information content (AvgIpc) is 1.93. The van der Waals surface area contributed by atoms with Gasteiger partial charge in [0.2, 0.25) is 0 Å². The quantitative estimate of drug-likeness (QED) is 0.639. The lowest BCUT2D eigenvalue weighted by molar-refractivity contribution is 1.70. The van der Waals surface area contributed by atoms with Crippen molar-refractivity contribution >= 4 is 64.8 Å². The Morgan fingerprint density at radius 3 is 1.50 bits per heavy atom. The Labute approximate surface area is 99.8 Å². The molecule has 1 aromatic rings. The highest BCUT2D eigenvalue weighted by atomic mass is 79.9. The van der Waals surface area contributed by atoms with E-state index in [4.69, 9.17) is 0 Å². The van der Waals surface area contributed by atoms with Gasteiger partial charge < -0.3 is 0 Å². The molecule has 0 atom stereocenters. The maximum atomic E-state index is 3.20. The fraction of sp³-hybridized carbons (Fsp3) is 0. The maximum absolute atomic E-state index is 3.20. The SMILES string of the molecule is [Br][Mg][Br].[MgH2].[c]1ccccc1. The van der Waals surface area contributed by atoms with Gasteiger partial charge in [-0.15, -0.1) is 0 Å². The number of hydrogen-bond acceptors (Lipinski definition) is 0. The van der Waals surface area contributed by atoms with E-state index in [0.717, 1.165) is 0 Å². The highest BCUT2D eigenvalue weighted by Gasteiger charge is 1.62. The van der Waals surface area contributed by atoms with Gasteiger partial charge >= 0.3 is 39.1 Å². The number of halogens is 2. The van der Waals surface area contributed by atoms with Crippen LogP contribution in [0, 0.1) is 6.07 Å². The summed E-state index contributed by atoms with van der Waals surface area (Å²) in [5.74, 6) is 0. The van der Waals surface area contributed by atoms with E-state index in [9.17, 15) is 0 Å². The Hall–Kier alpha value is 1.71. The van der Waals surface area contributed by atoms with Crippen LogP contribution in [0.25, 0.3) is 0 Å². The lowest BCUT2D eigenvalue weighted by atomic mass is 10.4. The summed E-state index contributed by atoms with van der Waals surface area (Å²) in [6.45, 7) is 0. The van der Waals surface area contributed by atoms with Gasteiger partial charge in [0.05, 0.1) is 0 Å². The third-order valence-corrected chi connectivity index (χ3v) is 0.607. The van der Waals surface area contributed by atoms with Gasteiger partial charge in [-0.25, -0.2) is 0 Å². The third kappa shape index (κ3) is 12.4. The van der Waals surface area contributed by atoms with E-state index >= 15 is 0 Å². The smallest absolute Gasteiger partial charge is 0.280 e. The molecule has 1 rings (SSSR count). The first-order chi connectivity index (χ1) is 4.41. The van der Waals surface area contributed by atoms with E-state index in [2.05, 4.69) is 31.8 Å². The molecule has 0 amide bonds. The molecule has 0 saturated heterocycles. The molecule has 4 heteroatoms. The van der Waals surface area contributed by atoms with Gasteiger partial charge in [0, 0.05) is 0 Å². The van der Waals surface area contributed by atoms with Crippen LogP contribution in [0.2, 0.25) is 0 Å². The molecule has 0 aliphatic carbocycles. The normalized spacial score (nSPS) is 5.80.